The smallest absolute Gasteiger partial charge is 0.409 e. The number of rotatable bonds is 26. The first-order chi connectivity index (χ1) is 41.1. The molecule has 1 unspecified atom stereocenters. The molecule has 3 heterocycles. The largest absolute Gasteiger partial charge is 0.495 e. The number of urea groups is 1. The van der Waals surface area contributed by atoms with Crippen molar-refractivity contribution in [3.63, 3.8) is 0 Å². The number of aliphatic hydroxyl groups is 1. The second-order valence-corrected chi connectivity index (χ2v) is 24.3. The van der Waals surface area contributed by atoms with Crippen molar-refractivity contribution < 1.29 is 76.7 Å². The topological polar surface area (TPSA) is 325 Å². The van der Waals surface area contributed by atoms with Gasteiger partial charge in [-0.25, -0.2) is 14.4 Å². The SMILES string of the molecule is COc1cc2cc(c1Cl)N(C)C(=O)C[C@H](OC(=O)[C@H](C)N(C)C(=O)c1ccc(NC(=O)[C@H](CCCNC(N)=O)NC(=O)[C@@H](NC(=O)CCCCC(C)OC(C=O)(CBr)CBr)C(C)C)cc1)[C@]1(C)O[C@H]1C[C@@H]1C[C@@](O)(NC(=O)O1)[C@H](OC)/C=C/C=C(\C)C2. The Hall–Kier alpha value is -6.16. The Morgan fingerprint density at radius 3 is 2.32 bits per heavy atom. The number of unbranched alkanes of at least 4 members (excludes halogenated alkanes) is 1. The summed E-state index contributed by atoms with van der Waals surface area (Å²) >= 11 is 13.5. The predicted octanol–water partition coefficient (Wildman–Crippen LogP) is 6.29. The molecule has 87 heavy (non-hydrogen) atoms. The van der Waals surface area contributed by atoms with Gasteiger partial charge in [-0.2, -0.15) is 0 Å². The Morgan fingerprint density at radius 2 is 1.70 bits per heavy atom. The highest BCUT2D eigenvalue weighted by Crippen LogP contribution is 2.47. The van der Waals surface area contributed by atoms with Crippen molar-refractivity contribution in [3.05, 3.63) is 76.3 Å². The van der Waals surface area contributed by atoms with E-state index in [-0.39, 0.29) is 72.9 Å². The number of hydrogen-bond donors (Lipinski definition) is 7. The van der Waals surface area contributed by atoms with Crippen molar-refractivity contribution in [2.24, 2.45) is 11.7 Å². The van der Waals surface area contributed by atoms with Crippen LogP contribution in [0.2, 0.25) is 5.02 Å². The Morgan fingerprint density at radius 1 is 1.01 bits per heavy atom. The molecule has 4 bridgehead atoms. The van der Waals surface area contributed by atoms with Gasteiger partial charge in [-0.15, -0.1) is 0 Å². The fraction of sp³-hybridized carbons (Fsp3) is 0.583. The van der Waals surface area contributed by atoms with E-state index < -0.39 is 108 Å². The molecule has 24 nitrogen and oxygen atoms in total. The number of benzene rings is 2. The van der Waals surface area contributed by atoms with Gasteiger partial charge < -0.3 is 75.1 Å². The number of nitrogens with zero attached hydrogens (tertiary/aromatic N) is 2. The molecular formula is C60H83Br2ClN8O16. The summed E-state index contributed by atoms with van der Waals surface area (Å²) in [6.07, 6.45) is 2.76. The minimum atomic E-state index is -1.89. The van der Waals surface area contributed by atoms with Crippen molar-refractivity contribution in [1.29, 1.82) is 0 Å². The number of aldehydes is 1. The number of esters is 1. The quantitative estimate of drug-likeness (QED) is 0.0179. The summed E-state index contributed by atoms with van der Waals surface area (Å²) in [4.78, 5) is 122. The van der Waals surface area contributed by atoms with E-state index in [0.717, 1.165) is 22.3 Å². The molecule has 2 fully saturated rings. The van der Waals surface area contributed by atoms with Gasteiger partial charge in [0.1, 0.15) is 58.4 Å². The van der Waals surface area contributed by atoms with E-state index in [0.29, 0.717) is 47.8 Å². The molecule has 2 aromatic rings. The van der Waals surface area contributed by atoms with Crippen LogP contribution in [0.4, 0.5) is 21.0 Å². The number of primary amides is 1. The Labute approximate surface area is 529 Å². The molecule has 0 radical (unpaired) electrons. The number of allylic oxidation sites excluding steroid dienone is 3. The molecular weight excluding hydrogens is 1280 g/mol. The summed E-state index contributed by atoms with van der Waals surface area (Å²) in [7, 11) is 5.77. The molecule has 0 spiro atoms. The van der Waals surface area contributed by atoms with E-state index in [1.54, 1.807) is 45.1 Å². The molecule has 3 aliphatic rings. The number of ether oxygens (including phenoxy) is 6. The second-order valence-electron chi connectivity index (χ2n) is 22.8. The van der Waals surface area contributed by atoms with Crippen LogP contribution in [0.5, 0.6) is 5.75 Å². The van der Waals surface area contributed by atoms with Gasteiger partial charge in [-0.1, -0.05) is 87.5 Å². The van der Waals surface area contributed by atoms with E-state index in [1.807, 2.05) is 19.9 Å². The van der Waals surface area contributed by atoms with Crippen LogP contribution in [0.3, 0.4) is 0 Å². The molecule has 8 amide bonds. The summed E-state index contributed by atoms with van der Waals surface area (Å²) in [6.45, 7) is 10.4. The van der Waals surface area contributed by atoms with Crippen molar-refractivity contribution in [3.8, 4) is 5.75 Å². The zero-order valence-corrected chi connectivity index (χ0v) is 54.8. The van der Waals surface area contributed by atoms with Crippen LogP contribution in [-0.2, 0) is 58.9 Å². The molecule has 27 heteroatoms. The van der Waals surface area contributed by atoms with Crippen molar-refractivity contribution in [2.45, 2.75) is 171 Å². The number of alkyl halides is 2. The van der Waals surface area contributed by atoms with E-state index in [4.69, 9.17) is 45.8 Å². The van der Waals surface area contributed by atoms with Gasteiger partial charge in [0.25, 0.3) is 5.91 Å². The van der Waals surface area contributed by atoms with Crippen molar-refractivity contribution >= 4 is 109 Å². The number of methoxy groups -OCH3 is 2. The summed E-state index contributed by atoms with van der Waals surface area (Å²) < 4.78 is 35.2. The number of anilines is 2. The fourth-order valence-electron chi connectivity index (χ4n) is 10.1. The molecule has 480 valence electrons. The number of alkyl carbamates (subject to hydrolysis) is 1. The number of nitrogens with two attached hydrogens (primary N) is 1. The zero-order chi connectivity index (χ0) is 64.6. The maximum Gasteiger partial charge on any atom is 0.409 e. The monoisotopic (exact) mass is 1360 g/mol. The molecule has 8 N–H and O–H groups in total. The van der Waals surface area contributed by atoms with E-state index >= 15 is 0 Å². The number of nitrogens with one attached hydrogen (secondary N) is 5. The number of epoxide rings is 1. The van der Waals surface area contributed by atoms with Gasteiger partial charge in [0.15, 0.2) is 12.0 Å². The third-order valence-corrected chi connectivity index (χ3v) is 17.9. The molecule has 2 saturated heterocycles. The normalized spacial score (nSPS) is 23.8. The first kappa shape index (κ1) is 71.6. The molecule has 10 atom stereocenters. The average Bonchev–Trinajstić information content (AvgIpc) is 1.61. The number of halogens is 3. The lowest BCUT2D eigenvalue weighted by atomic mass is 9.90. The highest BCUT2D eigenvalue weighted by Gasteiger charge is 2.62. The summed E-state index contributed by atoms with van der Waals surface area (Å²) in [5.41, 5.74) is 3.32. The van der Waals surface area contributed by atoms with Crippen LogP contribution in [0, 0.1) is 5.92 Å². The Balaban J connectivity index is 1.29. The van der Waals surface area contributed by atoms with Crippen LogP contribution in [0.25, 0.3) is 0 Å². The van der Waals surface area contributed by atoms with Gasteiger partial charge in [-0.3, -0.25) is 29.3 Å². The third-order valence-electron chi connectivity index (χ3n) is 15.6. The van der Waals surface area contributed by atoms with Crippen LogP contribution in [0.1, 0.15) is 115 Å². The minimum absolute atomic E-state index is 0.0302. The highest BCUT2D eigenvalue weighted by atomic mass is 79.9. The Kier molecular flexibility index (Phi) is 26.6. The van der Waals surface area contributed by atoms with Crippen molar-refractivity contribution in [1.82, 2.24) is 26.2 Å². The number of hydrogen-bond acceptors (Lipinski definition) is 16. The minimum Gasteiger partial charge on any atom is -0.495 e. The maximum absolute atomic E-state index is 14.4. The third kappa shape index (κ3) is 19.7. The van der Waals surface area contributed by atoms with Gasteiger partial charge in [0, 0.05) is 68.9 Å². The van der Waals surface area contributed by atoms with Crippen LogP contribution in [0.15, 0.2) is 60.2 Å². The predicted molar refractivity (Wildman–Crippen MR) is 332 cm³/mol. The van der Waals surface area contributed by atoms with E-state index in [1.165, 1.54) is 64.4 Å². The van der Waals surface area contributed by atoms with Gasteiger partial charge >= 0.3 is 18.1 Å². The second kappa shape index (κ2) is 32.4. The summed E-state index contributed by atoms with van der Waals surface area (Å²) in [5, 5.41) is 25.9. The fourth-order valence-corrected chi connectivity index (χ4v) is 11.9. The van der Waals surface area contributed by atoms with Crippen LogP contribution < -0.4 is 42.0 Å². The lowest BCUT2D eigenvalue weighted by Gasteiger charge is -2.40. The van der Waals surface area contributed by atoms with Crippen molar-refractivity contribution in [2.75, 3.05) is 55.7 Å². The highest BCUT2D eigenvalue weighted by molar-refractivity contribution is 9.10. The summed E-state index contributed by atoms with van der Waals surface area (Å²) in [5.74, 6) is -3.72. The average molecular weight is 1370 g/mol. The molecule has 5 rings (SSSR count). The number of likely N-dealkylation sites (N-methyl/N-ethyl adjacent to an activating group) is 1. The molecule has 0 aliphatic carbocycles. The number of fused-ring (bicyclic) bond motifs is 5. The molecule has 3 aliphatic heterocycles. The first-order valence-corrected chi connectivity index (χ1v) is 31.3. The number of amides is 8. The van der Waals surface area contributed by atoms with E-state index in [9.17, 15) is 48.3 Å². The lowest BCUT2D eigenvalue weighted by Crippen LogP contribution is -2.62. The van der Waals surface area contributed by atoms with Gasteiger partial charge in [0.2, 0.25) is 23.6 Å². The summed E-state index contributed by atoms with van der Waals surface area (Å²) in [6, 6.07) is 5.09. The molecule has 0 saturated carbocycles. The zero-order valence-electron chi connectivity index (χ0n) is 50.8. The molecule has 0 aromatic heterocycles. The molecule has 2 aromatic carbocycles. The lowest BCUT2D eigenvalue weighted by molar-refractivity contribution is -0.158. The number of carbonyl (C=O) groups excluding carboxylic acids is 9. The standard InChI is InChI=1S/C60H83Br2ClN8O16/c1-34(2)51(68-48(73)19-12-11-16-36(4)86-59(31-61,32-62)33-72)53(76)67-42(17-14-24-65-56(64)79)52(75)66-40-22-20-39(21-23-40)54(77)70(7)37(5)55(78)85-46-29-49(74)71(8)43-26-38(27-44(82-9)50(43)63)25-35(3)15-13-18-45(83-10)60(81)30-41(84-57(80)69-60)28-47-58(46,6)87-47/h13,15,18,20-23,26-27,33-34,36-37,41-42,45-47,51,81H,11-12,14,16-17,19,24-25,28-32H2,1-10H3,(H,66,75)(H,67,76)(H,68,73)(H,69,80)(H3,64,65,79)/b18-13+,35-15+/t36?,37-,41+,42-,45+,46-,47-,51-,58-,60-/m0/s1. The first-order valence-electron chi connectivity index (χ1n) is 28.7. The Bertz CT molecular complexity index is 2860. The van der Waals surface area contributed by atoms with E-state index in [2.05, 4.69) is 58.4 Å². The van der Waals surface area contributed by atoms with Crippen LogP contribution >= 0.6 is 43.5 Å². The maximum atomic E-state index is 14.4. The van der Waals surface area contributed by atoms with Gasteiger partial charge in [0.05, 0.1) is 31.4 Å². The van der Waals surface area contributed by atoms with Gasteiger partial charge in [-0.05, 0) is 108 Å². The number of carbonyl (C=O) groups is 9. The van der Waals surface area contributed by atoms with Crippen LogP contribution in [-0.4, -0.2) is 175 Å².